The van der Waals surface area contributed by atoms with Crippen molar-refractivity contribution >= 4 is 17.4 Å². The normalized spacial score (nSPS) is 13.2. The van der Waals surface area contributed by atoms with E-state index < -0.39 is 0 Å². The molecule has 2 heterocycles. The van der Waals surface area contributed by atoms with Crippen molar-refractivity contribution in [2.75, 3.05) is 0 Å². The highest BCUT2D eigenvalue weighted by atomic mass is 32.1. The van der Waals surface area contributed by atoms with Crippen LogP contribution in [0.4, 0.5) is 4.79 Å². The highest BCUT2D eigenvalue weighted by Gasteiger charge is 2.18. The molecule has 0 aliphatic heterocycles. The maximum absolute atomic E-state index is 12.4. The van der Waals surface area contributed by atoms with Gasteiger partial charge in [-0.1, -0.05) is 36.4 Å². The quantitative estimate of drug-likeness (QED) is 0.684. The van der Waals surface area contributed by atoms with Gasteiger partial charge in [0.15, 0.2) is 0 Å². The van der Waals surface area contributed by atoms with Gasteiger partial charge in [-0.2, -0.15) is 0 Å². The van der Waals surface area contributed by atoms with Gasteiger partial charge in [-0.3, -0.25) is 0 Å². The molecule has 2 amide bonds. The lowest BCUT2D eigenvalue weighted by Gasteiger charge is -2.20. The summed E-state index contributed by atoms with van der Waals surface area (Å²) in [6, 6.07) is 17.5. The van der Waals surface area contributed by atoms with Crippen LogP contribution in [0.2, 0.25) is 0 Å². The average Bonchev–Trinajstić information content (AvgIpc) is 3.29. The minimum Gasteiger partial charge on any atom is -0.467 e. The van der Waals surface area contributed by atoms with E-state index in [1.54, 1.807) is 17.6 Å². The second kappa shape index (κ2) is 7.84. The van der Waals surface area contributed by atoms with Gasteiger partial charge in [0.2, 0.25) is 0 Å². The molecule has 1 aromatic carbocycles. The molecular weight excluding hydrogens is 320 g/mol. The molecule has 2 aromatic heterocycles. The van der Waals surface area contributed by atoms with Crippen LogP contribution in [0.25, 0.3) is 0 Å². The van der Waals surface area contributed by atoms with E-state index in [0.29, 0.717) is 0 Å². The first-order valence-corrected chi connectivity index (χ1v) is 8.78. The van der Waals surface area contributed by atoms with Crippen molar-refractivity contribution in [3.8, 4) is 0 Å². The lowest BCUT2D eigenvalue weighted by atomic mass is 10.0. The molecule has 4 nitrogen and oxygen atoms in total. The zero-order valence-electron chi connectivity index (χ0n) is 13.4. The monoisotopic (exact) mass is 340 g/mol. The summed E-state index contributed by atoms with van der Waals surface area (Å²) in [5.74, 6) is 0.737. The number of carbonyl (C=O) groups excluding carboxylic acids is 1. The number of amides is 2. The van der Waals surface area contributed by atoms with Crippen molar-refractivity contribution in [3.63, 3.8) is 0 Å². The second-order valence-corrected chi connectivity index (χ2v) is 6.59. The number of rotatable bonds is 6. The summed E-state index contributed by atoms with van der Waals surface area (Å²) in [5, 5.41) is 8.03. The Balaban J connectivity index is 1.66. The molecule has 0 bridgehead atoms. The molecule has 0 spiro atoms. The van der Waals surface area contributed by atoms with Crippen molar-refractivity contribution in [3.05, 3.63) is 82.4 Å². The van der Waals surface area contributed by atoms with Gasteiger partial charge < -0.3 is 15.1 Å². The third-order valence-corrected chi connectivity index (χ3v) is 4.78. The maximum Gasteiger partial charge on any atom is 0.315 e. The summed E-state index contributed by atoms with van der Waals surface area (Å²) in [6.45, 7) is 1.90. The Hall–Kier alpha value is -2.53. The van der Waals surface area contributed by atoms with Crippen molar-refractivity contribution < 1.29 is 9.21 Å². The van der Waals surface area contributed by atoms with Gasteiger partial charge in [-0.15, -0.1) is 11.3 Å². The summed E-state index contributed by atoms with van der Waals surface area (Å²) < 4.78 is 5.33. The molecule has 3 aromatic rings. The van der Waals surface area contributed by atoms with Gasteiger partial charge >= 0.3 is 6.03 Å². The number of furan rings is 1. The molecule has 3 rings (SSSR count). The molecule has 0 aliphatic rings. The van der Waals surface area contributed by atoms with Gasteiger partial charge in [-0.25, -0.2) is 4.79 Å². The Morgan fingerprint density at radius 1 is 1.08 bits per heavy atom. The van der Waals surface area contributed by atoms with E-state index in [4.69, 9.17) is 4.42 Å². The van der Waals surface area contributed by atoms with Crippen LogP contribution < -0.4 is 10.6 Å². The highest BCUT2D eigenvalue weighted by molar-refractivity contribution is 7.10. The number of benzene rings is 1. The Kier molecular flexibility index (Phi) is 5.33. The smallest absolute Gasteiger partial charge is 0.315 e. The molecule has 0 fully saturated rings. The van der Waals surface area contributed by atoms with E-state index in [-0.39, 0.29) is 18.1 Å². The summed E-state index contributed by atoms with van der Waals surface area (Å²) >= 11 is 1.65. The highest BCUT2D eigenvalue weighted by Crippen LogP contribution is 2.23. The first-order chi connectivity index (χ1) is 11.7. The summed E-state index contributed by atoms with van der Waals surface area (Å²) in [6.07, 6.45) is 2.36. The van der Waals surface area contributed by atoms with E-state index in [1.807, 2.05) is 48.7 Å². The number of nitrogens with one attached hydrogen (secondary N) is 2. The van der Waals surface area contributed by atoms with Crippen LogP contribution in [-0.4, -0.2) is 6.03 Å². The molecule has 0 saturated heterocycles. The zero-order valence-corrected chi connectivity index (χ0v) is 14.3. The lowest BCUT2D eigenvalue weighted by molar-refractivity contribution is 0.232. The van der Waals surface area contributed by atoms with E-state index in [0.717, 1.165) is 17.1 Å². The third kappa shape index (κ3) is 4.26. The van der Waals surface area contributed by atoms with Crippen LogP contribution in [0.5, 0.6) is 0 Å². The largest absolute Gasteiger partial charge is 0.467 e. The Bertz CT molecular complexity index is 739. The summed E-state index contributed by atoms with van der Waals surface area (Å²) in [4.78, 5) is 13.5. The summed E-state index contributed by atoms with van der Waals surface area (Å²) in [5.41, 5.74) is 1.19. The van der Waals surface area contributed by atoms with Crippen LogP contribution in [0.1, 0.15) is 35.2 Å². The van der Waals surface area contributed by atoms with Gasteiger partial charge in [0, 0.05) is 4.88 Å². The third-order valence-electron chi connectivity index (χ3n) is 3.79. The number of hydrogen-bond acceptors (Lipinski definition) is 3. The van der Waals surface area contributed by atoms with Gasteiger partial charge in [0.25, 0.3) is 0 Å². The van der Waals surface area contributed by atoms with Crippen molar-refractivity contribution in [2.24, 2.45) is 0 Å². The predicted octanol–water partition coefficient (Wildman–Crippen LogP) is 4.69. The van der Waals surface area contributed by atoms with E-state index in [1.165, 1.54) is 5.56 Å². The van der Waals surface area contributed by atoms with Crippen molar-refractivity contribution in [1.29, 1.82) is 0 Å². The van der Waals surface area contributed by atoms with Crippen molar-refractivity contribution in [1.82, 2.24) is 10.6 Å². The average molecular weight is 340 g/mol. The minimum absolute atomic E-state index is 0.0591. The molecule has 0 saturated carbocycles. The fourth-order valence-electron chi connectivity index (χ4n) is 2.57. The van der Waals surface area contributed by atoms with E-state index in [9.17, 15) is 4.79 Å². The van der Waals surface area contributed by atoms with E-state index in [2.05, 4.69) is 28.8 Å². The van der Waals surface area contributed by atoms with Crippen LogP contribution in [0.3, 0.4) is 0 Å². The maximum atomic E-state index is 12.4. The Morgan fingerprint density at radius 3 is 2.58 bits per heavy atom. The molecule has 0 aliphatic carbocycles. The zero-order chi connectivity index (χ0) is 16.8. The first kappa shape index (κ1) is 16.3. The topological polar surface area (TPSA) is 54.3 Å². The SMILES string of the molecule is CC(NC(=O)NC(Cc1ccccc1)c1cccs1)c1ccco1. The number of hydrogen-bond donors (Lipinski definition) is 2. The van der Waals surface area contributed by atoms with Crippen LogP contribution in [0.15, 0.2) is 70.7 Å². The fraction of sp³-hybridized carbons (Fsp3) is 0.211. The second-order valence-electron chi connectivity index (χ2n) is 5.61. The Labute approximate surface area is 145 Å². The number of urea groups is 1. The molecule has 2 unspecified atom stereocenters. The lowest BCUT2D eigenvalue weighted by Crippen LogP contribution is -2.39. The summed E-state index contributed by atoms with van der Waals surface area (Å²) in [7, 11) is 0. The van der Waals surface area contributed by atoms with Gasteiger partial charge in [0.1, 0.15) is 5.76 Å². The molecule has 24 heavy (non-hydrogen) atoms. The standard InChI is InChI=1S/C19H20N2O2S/c1-14(17-9-5-11-23-17)20-19(22)21-16(18-10-6-12-24-18)13-15-7-3-2-4-8-15/h2-12,14,16H,13H2,1H3,(H2,20,21,22). The minimum atomic E-state index is -0.201. The van der Waals surface area contributed by atoms with E-state index >= 15 is 0 Å². The number of thiophene rings is 1. The first-order valence-electron chi connectivity index (χ1n) is 7.90. The molecule has 5 heteroatoms. The van der Waals surface area contributed by atoms with Crippen LogP contribution in [0, 0.1) is 0 Å². The van der Waals surface area contributed by atoms with Crippen LogP contribution >= 0.6 is 11.3 Å². The van der Waals surface area contributed by atoms with Crippen LogP contribution in [-0.2, 0) is 6.42 Å². The Morgan fingerprint density at radius 2 is 1.92 bits per heavy atom. The molecule has 0 radical (unpaired) electrons. The molecule has 2 atom stereocenters. The fourth-order valence-corrected chi connectivity index (χ4v) is 3.35. The molecular formula is C19H20N2O2S. The predicted molar refractivity (Wildman–Crippen MR) is 96.0 cm³/mol. The van der Waals surface area contributed by atoms with Crippen molar-refractivity contribution in [2.45, 2.75) is 25.4 Å². The molecule has 124 valence electrons. The van der Waals surface area contributed by atoms with Gasteiger partial charge in [-0.05, 0) is 42.5 Å². The molecule has 2 N–H and O–H groups in total. The number of carbonyl (C=O) groups is 1. The van der Waals surface area contributed by atoms with Gasteiger partial charge in [0.05, 0.1) is 18.3 Å².